The van der Waals surface area contributed by atoms with Crippen molar-refractivity contribution in [2.45, 2.75) is 20.8 Å². The average Bonchev–Trinajstić information content (AvgIpc) is 2.78. The molecule has 1 aromatic carbocycles. The van der Waals surface area contributed by atoms with Crippen LogP contribution in [0.2, 0.25) is 10.0 Å². The molecule has 0 fully saturated rings. The first-order valence-corrected chi connectivity index (χ1v) is 6.78. The molecule has 20 heavy (non-hydrogen) atoms. The molecule has 108 valence electrons. The lowest BCUT2D eigenvalue weighted by Gasteiger charge is -2.24. The van der Waals surface area contributed by atoms with E-state index in [0.717, 1.165) is 11.1 Å². The third kappa shape index (κ3) is 4.02. The SMILES string of the molecule is CC(C)(C)/C(=C\n1ccnc1)c1ccc(Cl)cc1Cl.Cl. The molecule has 1 heterocycles. The molecule has 5 heteroatoms. The number of hydrogen-bond acceptors (Lipinski definition) is 1. The molecule has 2 nitrogen and oxygen atoms in total. The Hall–Kier alpha value is -0.960. The fourth-order valence-electron chi connectivity index (χ4n) is 1.87. The van der Waals surface area contributed by atoms with Crippen LogP contribution in [-0.2, 0) is 0 Å². The van der Waals surface area contributed by atoms with E-state index in [4.69, 9.17) is 23.2 Å². The fourth-order valence-corrected chi connectivity index (χ4v) is 2.38. The molecule has 1 aromatic heterocycles. The molecule has 2 aromatic rings. The first-order chi connectivity index (χ1) is 8.88. The van der Waals surface area contributed by atoms with Gasteiger partial charge in [0.05, 0.1) is 6.33 Å². The summed E-state index contributed by atoms with van der Waals surface area (Å²) in [5, 5.41) is 1.30. The Kier molecular flexibility index (Phi) is 5.69. The Bertz CT molecular complexity index is 596. The largest absolute Gasteiger partial charge is 0.313 e. The van der Waals surface area contributed by atoms with E-state index in [1.165, 1.54) is 0 Å². The third-order valence-electron chi connectivity index (χ3n) is 2.83. The summed E-state index contributed by atoms with van der Waals surface area (Å²) in [6.45, 7) is 6.46. The Labute approximate surface area is 135 Å². The maximum atomic E-state index is 6.32. The van der Waals surface area contributed by atoms with Crippen LogP contribution in [0.5, 0.6) is 0 Å². The first kappa shape index (κ1) is 17.1. The van der Waals surface area contributed by atoms with E-state index in [0.29, 0.717) is 10.0 Å². The summed E-state index contributed by atoms with van der Waals surface area (Å²) < 4.78 is 1.92. The molecular formula is C15H17Cl3N2. The van der Waals surface area contributed by atoms with Crippen molar-refractivity contribution in [3.63, 3.8) is 0 Å². The van der Waals surface area contributed by atoms with Crippen molar-refractivity contribution in [1.29, 1.82) is 0 Å². The van der Waals surface area contributed by atoms with Gasteiger partial charge in [0.15, 0.2) is 0 Å². The normalized spacial score (nSPS) is 12.2. The van der Waals surface area contributed by atoms with Gasteiger partial charge in [0.25, 0.3) is 0 Å². The lowest BCUT2D eigenvalue weighted by atomic mass is 9.82. The monoisotopic (exact) mass is 330 g/mol. The van der Waals surface area contributed by atoms with Crippen molar-refractivity contribution in [3.05, 3.63) is 52.5 Å². The minimum atomic E-state index is -0.0399. The highest BCUT2D eigenvalue weighted by molar-refractivity contribution is 6.35. The topological polar surface area (TPSA) is 17.8 Å². The molecule has 0 atom stereocenters. The summed E-state index contributed by atoms with van der Waals surface area (Å²) in [6, 6.07) is 5.58. The zero-order valence-corrected chi connectivity index (χ0v) is 13.9. The number of halogens is 3. The smallest absolute Gasteiger partial charge is 0.0986 e. The van der Waals surface area contributed by atoms with Crippen molar-refractivity contribution >= 4 is 47.4 Å². The van der Waals surface area contributed by atoms with Crippen molar-refractivity contribution in [1.82, 2.24) is 9.55 Å². The summed E-state index contributed by atoms with van der Waals surface area (Å²) in [6.07, 6.45) is 7.45. The second-order valence-corrected chi connectivity index (χ2v) is 6.27. The molecule has 0 bridgehead atoms. The molecule has 0 saturated carbocycles. The second-order valence-electron chi connectivity index (χ2n) is 5.43. The summed E-state index contributed by atoms with van der Waals surface area (Å²) in [7, 11) is 0. The van der Waals surface area contributed by atoms with Gasteiger partial charge in [0, 0.05) is 28.6 Å². The number of allylic oxidation sites excluding steroid dienone is 1. The Morgan fingerprint density at radius 3 is 2.45 bits per heavy atom. The van der Waals surface area contributed by atoms with Gasteiger partial charge in [-0.2, -0.15) is 0 Å². The van der Waals surface area contributed by atoms with Crippen molar-refractivity contribution in [2.75, 3.05) is 0 Å². The van der Waals surface area contributed by atoms with Crippen LogP contribution in [0.15, 0.2) is 36.9 Å². The number of imidazole rings is 1. The number of rotatable bonds is 2. The van der Waals surface area contributed by atoms with Gasteiger partial charge >= 0.3 is 0 Å². The first-order valence-electron chi connectivity index (χ1n) is 6.03. The van der Waals surface area contributed by atoms with Gasteiger partial charge in [-0.05, 0) is 28.7 Å². The van der Waals surface area contributed by atoms with Crippen molar-refractivity contribution < 1.29 is 0 Å². The maximum absolute atomic E-state index is 6.32. The van der Waals surface area contributed by atoms with E-state index in [9.17, 15) is 0 Å². The molecule has 0 radical (unpaired) electrons. The average molecular weight is 332 g/mol. The molecule has 0 aliphatic carbocycles. The molecule has 0 spiro atoms. The number of benzene rings is 1. The number of hydrogen-bond donors (Lipinski definition) is 0. The van der Waals surface area contributed by atoms with Gasteiger partial charge in [0.2, 0.25) is 0 Å². The van der Waals surface area contributed by atoms with E-state index >= 15 is 0 Å². The minimum absolute atomic E-state index is 0. The predicted octanol–water partition coefficient (Wildman–Crippen LogP) is 5.66. The van der Waals surface area contributed by atoms with Gasteiger partial charge in [0.1, 0.15) is 0 Å². The Balaban J connectivity index is 0.00000200. The lowest BCUT2D eigenvalue weighted by Crippen LogP contribution is -2.09. The van der Waals surface area contributed by atoms with E-state index < -0.39 is 0 Å². The second kappa shape index (κ2) is 6.66. The van der Waals surface area contributed by atoms with Crippen LogP contribution in [-0.4, -0.2) is 9.55 Å². The van der Waals surface area contributed by atoms with Gasteiger partial charge in [-0.3, -0.25) is 0 Å². The lowest BCUT2D eigenvalue weighted by molar-refractivity contribution is 0.568. The molecule has 0 N–H and O–H groups in total. The number of aromatic nitrogens is 2. The van der Waals surface area contributed by atoms with Crippen molar-refractivity contribution in [2.24, 2.45) is 5.41 Å². The van der Waals surface area contributed by atoms with Crippen LogP contribution in [0, 0.1) is 5.41 Å². The van der Waals surface area contributed by atoms with Gasteiger partial charge in [-0.25, -0.2) is 4.98 Å². The van der Waals surface area contributed by atoms with Gasteiger partial charge in [-0.1, -0.05) is 50.0 Å². The molecule has 0 aliphatic heterocycles. The summed E-state index contributed by atoms with van der Waals surface area (Å²) in [4.78, 5) is 4.05. The van der Waals surface area contributed by atoms with Crippen LogP contribution in [0.25, 0.3) is 11.8 Å². The minimum Gasteiger partial charge on any atom is -0.313 e. The van der Waals surface area contributed by atoms with E-state index in [1.807, 2.05) is 29.1 Å². The van der Waals surface area contributed by atoms with E-state index in [2.05, 4.69) is 25.8 Å². The Morgan fingerprint density at radius 1 is 1.25 bits per heavy atom. The van der Waals surface area contributed by atoms with Crippen LogP contribution < -0.4 is 0 Å². The van der Waals surface area contributed by atoms with Crippen molar-refractivity contribution in [3.8, 4) is 0 Å². The molecule has 2 rings (SSSR count). The summed E-state index contributed by atoms with van der Waals surface area (Å²) in [5.74, 6) is 0. The molecule has 0 aliphatic rings. The fraction of sp³-hybridized carbons (Fsp3) is 0.267. The third-order valence-corrected chi connectivity index (χ3v) is 3.38. The van der Waals surface area contributed by atoms with Gasteiger partial charge < -0.3 is 4.57 Å². The highest BCUT2D eigenvalue weighted by Crippen LogP contribution is 2.38. The highest BCUT2D eigenvalue weighted by Gasteiger charge is 2.21. The van der Waals surface area contributed by atoms with E-state index in [1.54, 1.807) is 18.6 Å². The zero-order chi connectivity index (χ0) is 14.0. The highest BCUT2D eigenvalue weighted by atomic mass is 35.5. The van der Waals surface area contributed by atoms with Crippen LogP contribution in [0.4, 0.5) is 0 Å². The molecule has 0 unspecified atom stereocenters. The molecular weight excluding hydrogens is 315 g/mol. The summed E-state index contributed by atoms with van der Waals surface area (Å²) in [5.41, 5.74) is 2.08. The zero-order valence-electron chi connectivity index (χ0n) is 11.6. The molecule has 0 amide bonds. The predicted molar refractivity (Wildman–Crippen MR) is 89.6 cm³/mol. The standard InChI is InChI=1S/C15H16Cl2N2.ClH/c1-15(2,3)13(9-19-7-6-18-10-19)12-5-4-11(16)8-14(12)17;/h4-10H,1-3H3;1H/b13-9-;. The van der Waals surface area contributed by atoms with Gasteiger partial charge in [-0.15, -0.1) is 12.4 Å². The van der Waals surface area contributed by atoms with E-state index in [-0.39, 0.29) is 17.8 Å². The van der Waals surface area contributed by atoms with Crippen LogP contribution in [0.3, 0.4) is 0 Å². The molecule has 0 saturated heterocycles. The Morgan fingerprint density at radius 2 is 1.95 bits per heavy atom. The van der Waals surface area contributed by atoms with Crippen LogP contribution >= 0.6 is 35.6 Å². The van der Waals surface area contributed by atoms with Crippen LogP contribution in [0.1, 0.15) is 26.3 Å². The maximum Gasteiger partial charge on any atom is 0.0986 e. The summed E-state index contributed by atoms with van der Waals surface area (Å²) >= 11 is 12.3. The quantitative estimate of drug-likeness (QED) is 0.694. The number of nitrogens with zero attached hydrogens (tertiary/aromatic N) is 2.